The molecule has 0 bridgehead atoms. The van der Waals surface area contributed by atoms with Gasteiger partial charge in [0.05, 0.1) is 22.4 Å². The molecule has 1 saturated heterocycles. The Balaban J connectivity index is 1.60. The molecule has 33 heavy (non-hydrogen) atoms. The van der Waals surface area contributed by atoms with Crippen LogP contribution in [0.2, 0.25) is 0 Å². The van der Waals surface area contributed by atoms with Crippen LogP contribution in [0.4, 0.5) is 0 Å². The van der Waals surface area contributed by atoms with Gasteiger partial charge in [-0.3, -0.25) is 4.79 Å². The first-order chi connectivity index (χ1) is 16.0. The van der Waals surface area contributed by atoms with Gasteiger partial charge in [0.1, 0.15) is 0 Å². The molecule has 5 rings (SSSR count). The fourth-order valence-corrected chi connectivity index (χ4v) is 4.20. The maximum atomic E-state index is 13.1. The van der Waals surface area contributed by atoms with Crippen LogP contribution >= 0.6 is 0 Å². The number of rotatable bonds is 3. The summed E-state index contributed by atoms with van der Waals surface area (Å²) in [6.07, 6.45) is 0. The minimum absolute atomic E-state index is 0.0614. The summed E-state index contributed by atoms with van der Waals surface area (Å²) in [5.74, 6) is 0.0614. The SMILES string of the molecule is Cc1ccc(-c2nc3ccc(C(=O)N4CCN(C)CC4)cc3nc2-c2ccc(C)cc2)cc1. The number of hydrogen-bond donors (Lipinski definition) is 0. The van der Waals surface area contributed by atoms with E-state index in [4.69, 9.17) is 9.97 Å². The molecule has 0 spiro atoms. The van der Waals surface area contributed by atoms with E-state index in [0.29, 0.717) is 5.56 Å². The Labute approximate surface area is 194 Å². The maximum absolute atomic E-state index is 13.1. The lowest BCUT2D eigenvalue weighted by Crippen LogP contribution is -2.47. The first kappa shape index (κ1) is 21.3. The molecule has 1 fully saturated rings. The van der Waals surface area contributed by atoms with Crippen LogP contribution in [-0.4, -0.2) is 58.9 Å². The molecule has 166 valence electrons. The Hall–Kier alpha value is -3.57. The van der Waals surface area contributed by atoms with E-state index in [9.17, 15) is 4.79 Å². The molecular weight excluding hydrogens is 408 g/mol. The quantitative estimate of drug-likeness (QED) is 0.455. The number of carbonyl (C=O) groups is 1. The third kappa shape index (κ3) is 4.37. The molecule has 0 saturated carbocycles. The Kier molecular flexibility index (Phi) is 5.65. The summed E-state index contributed by atoms with van der Waals surface area (Å²) in [6.45, 7) is 7.45. The van der Waals surface area contributed by atoms with Crippen LogP contribution in [0.25, 0.3) is 33.5 Å². The lowest BCUT2D eigenvalue weighted by atomic mass is 10.0. The summed E-state index contributed by atoms with van der Waals surface area (Å²) < 4.78 is 0. The van der Waals surface area contributed by atoms with E-state index in [-0.39, 0.29) is 5.91 Å². The van der Waals surface area contributed by atoms with Crippen LogP contribution in [0.5, 0.6) is 0 Å². The molecular formula is C28H28N4O. The summed E-state index contributed by atoms with van der Waals surface area (Å²) in [6, 6.07) is 22.4. The second-order valence-corrected chi connectivity index (χ2v) is 8.95. The van der Waals surface area contributed by atoms with Gasteiger partial charge in [0, 0.05) is 42.9 Å². The number of aryl methyl sites for hydroxylation is 2. The highest BCUT2D eigenvalue weighted by Gasteiger charge is 2.21. The van der Waals surface area contributed by atoms with E-state index in [1.165, 1.54) is 11.1 Å². The smallest absolute Gasteiger partial charge is 0.254 e. The van der Waals surface area contributed by atoms with E-state index in [1.807, 2.05) is 23.1 Å². The molecule has 1 aliphatic rings. The molecule has 4 aromatic rings. The molecule has 5 heteroatoms. The second kappa shape index (κ2) is 8.75. The lowest BCUT2D eigenvalue weighted by molar-refractivity contribution is 0.0664. The van der Waals surface area contributed by atoms with Crippen molar-refractivity contribution in [2.24, 2.45) is 0 Å². The number of nitrogens with zero attached hydrogens (tertiary/aromatic N) is 4. The Bertz CT molecular complexity index is 1300. The zero-order chi connectivity index (χ0) is 22.9. The van der Waals surface area contributed by atoms with E-state index in [0.717, 1.165) is 59.7 Å². The van der Waals surface area contributed by atoms with Crippen molar-refractivity contribution in [3.8, 4) is 22.5 Å². The minimum Gasteiger partial charge on any atom is -0.336 e. The maximum Gasteiger partial charge on any atom is 0.254 e. The molecule has 0 N–H and O–H groups in total. The Morgan fingerprint density at radius 2 is 1.21 bits per heavy atom. The van der Waals surface area contributed by atoms with Crippen molar-refractivity contribution >= 4 is 16.9 Å². The monoisotopic (exact) mass is 436 g/mol. The number of hydrogen-bond acceptors (Lipinski definition) is 4. The number of carbonyl (C=O) groups excluding carboxylic acids is 1. The number of likely N-dealkylation sites (N-methyl/N-ethyl adjacent to an activating group) is 1. The van der Waals surface area contributed by atoms with Gasteiger partial charge in [0.2, 0.25) is 0 Å². The van der Waals surface area contributed by atoms with Gasteiger partial charge < -0.3 is 9.80 Å². The average Bonchev–Trinajstić information content (AvgIpc) is 2.84. The lowest BCUT2D eigenvalue weighted by Gasteiger charge is -2.32. The standard InChI is InChI=1S/C28H28N4O/c1-19-4-8-21(9-5-19)26-27(22-10-6-20(2)7-11-22)30-25-18-23(12-13-24(25)29-26)28(33)32-16-14-31(3)15-17-32/h4-13,18H,14-17H2,1-3H3. The van der Waals surface area contributed by atoms with Gasteiger partial charge >= 0.3 is 0 Å². The van der Waals surface area contributed by atoms with Gasteiger partial charge in [0.15, 0.2) is 0 Å². The second-order valence-electron chi connectivity index (χ2n) is 8.95. The highest BCUT2D eigenvalue weighted by molar-refractivity contribution is 5.98. The number of fused-ring (bicyclic) bond motifs is 1. The fourth-order valence-electron chi connectivity index (χ4n) is 4.20. The van der Waals surface area contributed by atoms with Crippen molar-refractivity contribution in [2.45, 2.75) is 13.8 Å². The van der Waals surface area contributed by atoms with Crippen molar-refractivity contribution in [2.75, 3.05) is 33.2 Å². The zero-order valence-electron chi connectivity index (χ0n) is 19.4. The van der Waals surface area contributed by atoms with Gasteiger partial charge in [-0.15, -0.1) is 0 Å². The summed E-state index contributed by atoms with van der Waals surface area (Å²) >= 11 is 0. The third-order valence-corrected chi connectivity index (χ3v) is 6.35. The molecule has 1 aliphatic heterocycles. The largest absolute Gasteiger partial charge is 0.336 e. The number of amides is 1. The molecule has 2 heterocycles. The van der Waals surface area contributed by atoms with Crippen molar-refractivity contribution in [3.05, 3.63) is 83.4 Å². The van der Waals surface area contributed by atoms with Gasteiger partial charge in [-0.05, 0) is 39.1 Å². The number of aromatic nitrogens is 2. The fraction of sp³-hybridized carbons (Fsp3) is 0.250. The Morgan fingerprint density at radius 3 is 1.76 bits per heavy atom. The first-order valence-electron chi connectivity index (χ1n) is 11.4. The van der Waals surface area contributed by atoms with Gasteiger partial charge in [-0.25, -0.2) is 9.97 Å². The molecule has 0 atom stereocenters. The van der Waals surface area contributed by atoms with Crippen LogP contribution in [0.15, 0.2) is 66.7 Å². The molecule has 1 amide bonds. The van der Waals surface area contributed by atoms with Gasteiger partial charge in [0.25, 0.3) is 5.91 Å². The van der Waals surface area contributed by atoms with E-state index in [1.54, 1.807) is 0 Å². The zero-order valence-corrected chi connectivity index (χ0v) is 19.4. The van der Waals surface area contributed by atoms with Crippen LogP contribution in [0.3, 0.4) is 0 Å². The van der Waals surface area contributed by atoms with Crippen LogP contribution in [0.1, 0.15) is 21.5 Å². The predicted octanol–water partition coefficient (Wildman–Crippen LogP) is 4.97. The summed E-state index contributed by atoms with van der Waals surface area (Å²) in [5, 5.41) is 0. The number of benzene rings is 3. The van der Waals surface area contributed by atoms with E-state index in [2.05, 4.69) is 74.3 Å². The van der Waals surface area contributed by atoms with E-state index >= 15 is 0 Å². The summed E-state index contributed by atoms with van der Waals surface area (Å²) in [7, 11) is 2.09. The van der Waals surface area contributed by atoms with Crippen molar-refractivity contribution in [1.82, 2.24) is 19.8 Å². The van der Waals surface area contributed by atoms with Gasteiger partial charge in [-0.1, -0.05) is 59.7 Å². The highest BCUT2D eigenvalue weighted by atomic mass is 16.2. The molecule has 3 aromatic carbocycles. The highest BCUT2D eigenvalue weighted by Crippen LogP contribution is 2.31. The normalized spacial score (nSPS) is 14.6. The molecule has 0 aliphatic carbocycles. The summed E-state index contributed by atoms with van der Waals surface area (Å²) in [5.41, 5.74) is 8.32. The van der Waals surface area contributed by atoms with Crippen LogP contribution in [0, 0.1) is 13.8 Å². The first-order valence-corrected chi connectivity index (χ1v) is 11.4. The molecule has 0 unspecified atom stereocenters. The van der Waals surface area contributed by atoms with Gasteiger partial charge in [-0.2, -0.15) is 0 Å². The van der Waals surface area contributed by atoms with Crippen LogP contribution in [-0.2, 0) is 0 Å². The summed E-state index contributed by atoms with van der Waals surface area (Å²) in [4.78, 5) is 27.3. The van der Waals surface area contributed by atoms with E-state index < -0.39 is 0 Å². The predicted molar refractivity (Wildman–Crippen MR) is 133 cm³/mol. The van der Waals surface area contributed by atoms with Crippen molar-refractivity contribution in [1.29, 1.82) is 0 Å². The number of piperazine rings is 1. The average molecular weight is 437 g/mol. The Morgan fingerprint density at radius 1 is 0.697 bits per heavy atom. The minimum atomic E-state index is 0.0614. The molecule has 1 aromatic heterocycles. The van der Waals surface area contributed by atoms with Crippen molar-refractivity contribution in [3.63, 3.8) is 0 Å². The topological polar surface area (TPSA) is 49.3 Å². The third-order valence-electron chi connectivity index (χ3n) is 6.35. The van der Waals surface area contributed by atoms with Crippen molar-refractivity contribution < 1.29 is 4.79 Å². The molecule has 5 nitrogen and oxygen atoms in total. The molecule has 0 radical (unpaired) electrons. The van der Waals surface area contributed by atoms with Crippen LogP contribution < -0.4 is 0 Å².